The molecule has 0 saturated carbocycles. The SMILES string of the molecule is CCOC(=O)c1c(-c2ccccc2)cc(O)c2ccccc12. The smallest absolute Gasteiger partial charge is 0.339 e. The van der Waals surface area contributed by atoms with Gasteiger partial charge in [0, 0.05) is 16.3 Å². The Morgan fingerprint density at radius 2 is 1.64 bits per heavy atom. The number of phenols is 1. The van der Waals surface area contributed by atoms with E-state index in [-0.39, 0.29) is 11.7 Å². The van der Waals surface area contributed by atoms with Gasteiger partial charge >= 0.3 is 5.97 Å². The summed E-state index contributed by atoms with van der Waals surface area (Å²) in [5.41, 5.74) is 2.03. The minimum absolute atomic E-state index is 0.155. The van der Waals surface area contributed by atoms with Crippen LogP contribution in [0.1, 0.15) is 17.3 Å². The zero-order chi connectivity index (χ0) is 15.5. The van der Waals surface area contributed by atoms with Crippen molar-refractivity contribution < 1.29 is 14.6 Å². The third-order valence-corrected chi connectivity index (χ3v) is 3.59. The summed E-state index contributed by atoms with van der Waals surface area (Å²) in [7, 11) is 0. The van der Waals surface area contributed by atoms with Crippen LogP contribution >= 0.6 is 0 Å². The van der Waals surface area contributed by atoms with Gasteiger partial charge in [-0.1, -0.05) is 54.6 Å². The van der Waals surface area contributed by atoms with Crippen LogP contribution in [0.25, 0.3) is 21.9 Å². The van der Waals surface area contributed by atoms with E-state index in [0.717, 1.165) is 5.56 Å². The molecule has 1 N–H and O–H groups in total. The Bertz CT molecular complexity index is 823. The van der Waals surface area contributed by atoms with Crippen LogP contribution in [-0.2, 0) is 4.74 Å². The molecule has 110 valence electrons. The van der Waals surface area contributed by atoms with Crippen molar-refractivity contribution in [2.24, 2.45) is 0 Å². The van der Waals surface area contributed by atoms with Gasteiger partial charge in [-0.3, -0.25) is 0 Å². The summed E-state index contributed by atoms with van der Waals surface area (Å²) in [5.74, 6) is -0.222. The molecule has 22 heavy (non-hydrogen) atoms. The molecule has 0 radical (unpaired) electrons. The highest BCUT2D eigenvalue weighted by Crippen LogP contribution is 2.36. The van der Waals surface area contributed by atoms with Crippen molar-refractivity contribution >= 4 is 16.7 Å². The van der Waals surface area contributed by atoms with Gasteiger partial charge in [0.25, 0.3) is 0 Å². The average Bonchev–Trinajstić information content (AvgIpc) is 2.56. The first-order valence-electron chi connectivity index (χ1n) is 7.19. The van der Waals surface area contributed by atoms with Gasteiger partial charge in [0.2, 0.25) is 0 Å². The van der Waals surface area contributed by atoms with Gasteiger partial charge in [0.05, 0.1) is 12.2 Å². The summed E-state index contributed by atoms with van der Waals surface area (Å²) in [6, 6.07) is 18.5. The molecule has 0 bridgehead atoms. The third-order valence-electron chi connectivity index (χ3n) is 3.59. The molecule has 3 nitrogen and oxygen atoms in total. The van der Waals surface area contributed by atoms with E-state index in [1.54, 1.807) is 19.1 Å². The molecule has 3 aromatic rings. The number of hydrogen-bond donors (Lipinski definition) is 1. The van der Waals surface area contributed by atoms with Gasteiger partial charge < -0.3 is 9.84 Å². The highest BCUT2D eigenvalue weighted by molar-refractivity contribution is 6.12. The number of fused-ring (bicyclic) bond motifs is 1. The number of carbonyl (C=O) groups excluding carboxylic acids is 1. The van der Waals surface area contributed by atoms with Gasteiger partial charge in [0.15, 0.2) is 0 Å². The Morgan fingerprint density at radius 3 is 2.32 bits per heavy atom. The normalized spacial score (nSPS) is 10.6. The molecule has 0 aromatic heterocycles. The van der Waals surface area contributed by atoms with Crippen molar-refractivity contribution in [3.8, 4) is 16.9 Å². The van der Waals surface area contributed by atoms with E-state index < -0.39 is 0 Å². The fourth-order valence-corrected chi connectivity index (χ4v) is 2.62. The van der Waals surface area contributed by atoms with Crippen LogP contribution in [0.15, 0.2) is 60.7 Å². The molecule has 3 heteroatoms. The second-order valence-corrected chi connectivity index (χ2v) is 4.95. The number of ether oxygens (including phenoxy) is 1. The predicted molar refractivity (Wildman–Crippen MR) is 87.0 cm³/mol. The number of benzene rings is 3. The Labute approximate surface area is 128 Å². The molecule has 0 amide bonds. The van der Waals surface area contributed by atoms with Crippen LogP contribution in [0.3, 0.4) is 0 Å². The molecular weight excluding hydrogens is 276 g/mol. The van der Waals surface area contributed by atoms with Gasteiger partial charge in [0.1, 0.15) is 5.75 Å². The second-order valence-electron chi connectivity index (χ2n) is 4.95. The summed E-state index contributed by atoms with van der Waals surface area (Å²) in [6.07, 6.45) is 0. The van der Waals surface area contributed by atoms with Crippen molar-refractivity contribution in [1.82, 2.24) is 0 Å². The topological polar surface area (TPSA) is 46.5 Å². The molecule has 0 aliphatic heterocycles. The Hall–Kier alpha value is -2.81. The molecule has 3 rings (SSSR count). The van der Waals surface area contributed by atoms with Crippen molar-refractivity contribution in [2.45, 2.75) is 6.92 Å². The highest BCUT2D eigenvalue weighted by Gasteiger charge is 2.19. The lowest BCUT2D eigenvalue weighted by Crippen LogP contribution is -2.07. The van der Waals surface area contributed by atoms with Crippen LogP contribution in [-0.4, -0.2) is 17.7 Å². The maximum Gasteiger partial charge on any atom is 0.339 e. The third kappa shape index (κ3) is 2.42. The molecule has 0 aliphatic carbocycles. The van der Waals surface area contributed by atoms with Crippen LogP contribution in [0.4, 0.5) is 0 Å². The van der Waals surface area contributed by atoms with Gasteiger partial charge in [-0.25, -0.2) is 4.79 Å². The van der Waals surface area contributed by atoms with Crippen molar-refractivity contribution in [3.05, 3.63) is 66.2 Å². The van der Waals surface area contributed by atoms with Gasteiger partial charge in [-0.05, 0) is 18.6 Å². The highest BCUT2D eigenvalue weighted by atomic mass is 16.5. The molecule has 0 atom stereocenters. The van der Waals surface area contributed by atoms with Gasteiger partial charge in [-0.2, -0.15) is 0 Å². The lowest BCUT2D eigenvalue weighted by atomic mass is 9.93. The summed E-state index contributed by atoms with van der Waals surface area (Å²) >= 11 is 0. The zero-order valence-corrected chi connectivity index (χ0v) is 12.2. The Kier molecular flexibility index (Phi) is 3.79. The summed E-state index contributed by atoms with van der Waals surface area (Å²) in [5, 5.41) is 11.6. The number of hydrogen-bond acceptors (Lipinski definition) is 3. The van der Waals surface area contributed by atoms with E-state index in [1.165, 1.54) is 0 Å². The zero-order valence-electron chi connectivity index (χ0n) is 12.2. The van der Waals surface area contributed by atoms with E-state index in [0.29, 0.717) is 28.5 Å². The minimum Gasteiger partial charge on any atom is -0.507 e. The van der Waals surface area contributed by atoms with E-state index in [4.69, 9.17) is 4.74 Å². The van der Waals surface area contributed by atoms with E-state index in [1.807, 2.05) is 48.5 Å². The Balaban J connectivity index is 2.35. The summed E-state index contributed by atoms with van der Waals surface area (Å²) < 4.78 is 5.22. The molecule has 0 fully saturated rings. The van der Waals surface area contributed by atoms with Crippen molar-refractivity contribution in [1.29, 1.82) is 0 Å². The molecule has 0 unspecified atom stereocenters. The standard InChI is InChI=1S/C19H16O3/c1-2-22-19(21)18-15-11-7-6-10-14(15)17(20)12-16(18)13-8-4-3-5-9-13/h3-12,20H,2H2,1H3. The lowest BCUT2D eigenvalue weighted by molar-refractivity contribution is 0.0529. The fraction of sp³-hybridized carbons (Fsp3) is 0.105. The Morgan fingerprint density at radius 1 is 1.00 bits per heavy atom. The maximum atomic E-state index is 12.5. The second kappa shape index (κ2) is 5.90. The van der Waals surface area contributed by atoms with Gasteiger partial charge in [-0.15, -0.1) is 0 Å². The first-order valence-corrected chi connectivity index (χ1v) is 7.19. The molecule has 3 aromatic carbocycles. The first-order chi connectivity index (χ1) is 10.7. The summed E-state index contributed by atoms with van der Waals surface area (Å²) in [6.45, 7) is 2.09. The molecule has 0 aliphatic rings. The molecule has 0 spiro atoms. The quantitative estimate of drug-likeness (QED) is 0.728. The monoisotopic (exact) mass is 292 g/mol. The van der Waals surface area contributed by atoms with Crippen LogP contribution in [0, 0.1) is 0 Å². The largest absolute Gasteiger partial charge is 0.507 e. The van der Waals surface area contributed by atoms with Crippen LogP contribution < -0.4 is 0 Å². The predicted octanol–water partition coefficient (Wildman–Crippen LogP) is 4.39. The van der Waals surface area contributed by atoms with E-state index in [9.17, 15) is 9.90 Å². The minimum atomic E-state index is -0.377. The number of rotatable bonds is 3. The molecule has 0 heterocycles. The van der Waals surface area contributed by atoms with E-state index in [2.05, 4.69) is 0 Å². The molecule has 0 saturated heterocycles. The average molecular weight is 292 g/mol. The number of aromatic hydroxyl groups is 1. The fourth-order valence-electron chi connectivity index (χ4n) is 2.62. The first kappa shape index (κ1) is 14.1. The number of carbonyl (C=O) groups is 1. The lowest BCUT2D eigenvalue weighted by Gasteiger charge is -2.14. The van der Waals surface area contributed by atoms with Crippen LogP contribution in [0.5, 0.6) is 5.75 Å². The van der Waals surface area contributed by atoms with Crippen molar-refractivity contribution in [3.63, 3.8) is 0 Å². The maximum absolute atomic E-state index is 12.5. The van der Waals surface area contributed by atoms with E-state index >= 15 is 0 Å². The number of phenolic OH excluding ortho intramolecular Hbond substituents is 1. The summed E-state index contributed by atoms with van der Waals surface area (Å²) in [4.78, 5) is 12.5. The van der Waals surface area contributed by atoms with Crippen molar-refractivity contribution in [2.75, 3.05) is 6.61 Å². The molecular formula is C19H16O3. The van der Waals surface area contributed by atoms with Crippen LogP contribution in [0.2, 0.25) is 0 Å². The number of esters is 1.